The van der Waals surface area contributed by atoms with Crippen molar-refractivity contribution in [2.24, 2.45) is 0 Å². The first-order valence-corrected chi connectivity index (χ1v) is 4.69. The topological polar surface area (TPSA) is 54.5 Å². The number of nitrogens with zero attached hydrogens (tertiary/aromatic N) is 3. The number of hydrogen-bond donors (Lipinski definition) is 1. The van der Waals surface area contributed by atoms with Crippen LogP contribution in [0, 0.1) is 0 Å². The largest absolute Gasteiger partial charge is 0.177 e. The fourth-order valence-corrected chi connectivity index (χ4v) is 1.45. The van der Waals surface area contributed by atoms with E-state index in [1.165, 1.54) is 5.56 Å². The number of aromatic amines is 1. The fourth-order valence-electron chi connectivity index (χ4n) is 1.24. The number of aromatic nitrogens is 4. The smallest absolute Gasteiger partial charge is 0.174 e. The number of nitrogens with one attached hydrogen (secondary N) is 1. The Morgan fingerprint density at radius 3 is 2.93 bits per heavy atom. The van der Waals surface area contributed by atoms with E-state index in [0.29, 0.717) is 0 Å². The molecule has 2 rings (SSSR count). The minimum atomic E-state index is 0.727. The van der Waals surface area contributed by atoms with Gasteiger partial charge in [-0.25, -0.2) is 0 Å². The highest BCUT2D eigenvalue weighted by Gasteiger charge is 1.99. The molecule has 0 saturated heterocycles. The Balaban J connectivity index is 1.98. The van der Waals surface area contributed by atoms with E-state index in [4.69, 9.17) is 11.6 Å². The number of halogens is 1. The monoisotopic (exact) mass is 208 g/mol. The van der Waals surface area contributed by atoms with Crippen molar-refractivity contribution < 1.29 is 0 Å². The molecule has 0 fully saturated rings. The van der Waals surface area contributed by atoms with E-state index in [1.54, 1.807) is 0 Å². The molecule has 0 amide bonds. The summed E-state index contributed by atoms with van der Waals surface area (Å²) in [7, 11) is 0. The molecule has 1 aromatic heterocycles. The van der Waals surface area contributed by atoms with E-state index < -0.39 is 0 Å². The Bertz CT molecular complexity index is 399. The molecule has 1 heterocycles. The molecular formula is C9H9ClN4. The molecule has 5 heteroatoms. The second kappa shape index (κ2) is 4.19. The summed E-state index contributed by atoms with van der Waals surface area (Å²) in [6.07, 6.45) is 1.65. The molecule has 0 radical (unpaired) electrons. The number of tetrazole rings is 1. The minimum Gasteiger partial charge on any atom is -0.177 e. The van der Waals surface area contributed by atoms with Gasteiger partial charge in [-0.3, -0.25) is 0 Å². The van der Waals surface area contributed by atoms with Crippen molar-refractivity contribution >= 4 is 11.6 Å². The average Bonchev–Trinajstić information content (AvgIpc) is 2.67. The van der Waals surface area contributed by atoms with Gasteiger partial charge in [-0.1, -0.05) is 28.9 Å². The average molecular weight is 209 g/mol. The summed E-state index contributed by atoms with van der Waals surface area (Å²) >= 11 is 5.86. The highest BCUT2D eigenvalue weighted by molar-refractivity contribution is 6.30. The van der Waals surface area contributed by atoms with Crippen molar-refractivity contribution in [1.82, 2.24) is 20.6 Å². The third kappa shape index (κ3) is 2.29. The minimum absolute atomic E-state index is 0.727. The Hall–Kier alpha value is -1.42. The molecule has 72 valence electrons. The van der Waals surface area contributed by atoms with E-state index in [9.17, 15) is 0 Å². The summed E-state index contributed by atoms with van der Waals surface area (Å²) in [6, 6.07) is 7.78. The Morgan fingerprint density at radius 1 is 1.29 bits per heavy atom. The zero-order chi connectivity index (χ0) is 9.80. The van der Waals surface area contributed by atoms with Gasteiger partial charge in [0.05, 0.1) is 0 Å². The van der Waals surface area contributed by atoms with Gasteiger partial charge >= 0.3 is 0 Å². The third-order valence-electron chi connectivity index (χ3n) is 1.92. The highest BCUT2D eigenvalue weighted by Crippen LogP contribution is 2.11. The molecule has 0 bridgehead atoms. The van der Waals surface area contributed by atoms with Gasteiger partial charge in [-0.15, -0.1) is 10.2 Å². The lowest BCUT2D eigenvalue weighted by Gasteiger charge is -1.98. The van der Waals surface area contributed by atoms with Gasteiger partial charge in [0.2, 0.25) is 0 Å². The lowest BCUT2D eigenvalue weighted by molar-refractivity contribution is 0.864. The number of benzene rings is 1. The Morgan fingerprint density at radius 2 is 2.21 bits per heavy atom. The van der Waals surface area contributed by atoms with Gasteiger partial charge < -0.3 is 0 Å². The molecule has 4 nitrogen and oxygen atoms in total. The standard InChI is InChI=1S/C9H9ClN4/c10-8-3-1-2-7(6-8)4-5-9-11-13-14-12-9/h1-3,6H,4-5H2,(H,11,12,13,14). The number of rotatable bonds is 3. The van der Waals surface area contributed by atoms with E-state index in [0.717, 1.165) is 23.7 Å². The van der Waals surface area contributed by atoms with Crippen LogP contribution in [0.15, 0.2) is 24.3 Å². The van der Waals surface area contributed by atoms with Crippen molar-refractivity contribution in [3.05, 3.63) is 40.7 Å². The van der Waals surface area contributed by atoms with E-state index in [2.05, 4.69) is 20.6 Å². The maximum atomic E-state index is 5.86. The molecular weight excluding hydrogens is 200 g/mol. The molecule has 1 N–H and O–H groups in total. The maximum absolute atomic E-state index is 5.86. The summed E-state index contributed by atoms with van der Waals surface area (Å²) < 4.78 is 0. The lowest BCUT2D eigenvalue weighted by Crippen LogP contribution is -1.93. The Kier molecular flexibility index (Phi) is 2.74. The lowest BCUT2D eigenvalue weighted by atomic mass is 10.1. The maximum Gasteiger partial charge on any atom is 0.174 e. The molecule has 14 heavy (non-hydrogen) atoms. The summed E-state index contributed by atoms with van der Waals surface area (Å²) in [5.74, 6) is 0.727. The van der Waals surface area contributed by atoms with E-state index >= 15 is 0 Å². The van der Waals surface area contributed by atoms with Crippen LogP contribution in [0.1, 0.15) is 11.4 Å². The quantitative estimate of drug-likeness (QED) is 0.835. The van der Waals surface area contributed by atoms with Crippen LogP contribution in [0.2, 0.25) is 5.02 Å². The molecule has 0 spiro atoms. The second-order valence-corrected chi connectivity index (χ2v) is 3.39. The van der Waals surface area contributed by atoms with Crippen LogP contribution in [0.4, 0.5) is 0 Å². The molecule has 0 unspecified atom stereocenters. The Labute approximate surface area is 86.3 Å². The van der Waals surface area contributed by atoms with Crippen molar-refractivity contribution in [2.75, 3.05) is 0 Å². The van der Waals surface area contributed by atoms with Crippen LogP contribution >= 0.6 is 11.6 Å². The SMILES string of the molecule is Clc1cccc(CCc2nn[nH]n2)c1. The highest BCUT2D eigenvalue weighted by atomic mass is 35.5. The normalized spacial score (nSPS) is 10.4. The summed E-state index contributed by atoms with van der Waals surface area (Å²) in [5, 5.41) is 14.4. The van der Waals surface area contributed by atoms with Crippen LogP contribution in [0.5, 0.6) is 0 Å². The van der Waals surface area contributed by atoms with Crippen LogP contribution in [-0.2, 0) is 12.8 Å². The van der Waals surface area contributed by atoms with Gasteiger partial charge in [0.1, 0.15) is 0 Å². The fraction of sp³-hybridized carbons (Fsp3) is 0.222. The van der Waals surface area contributed by atoms with Gasteiger partial charge in [0, 0.05) is 11.4 Å². The molecule has 0 atom stereocenters. The van der Waals surface area contributed by atoms with E-state index in [1.807, 2.05) is 24.3 Å². The zero-order valence-electron chi connectivity index (χ0n) is 7.44. The van der Waals surface area contributed by atoms with Gasteiger partial charge in [0.25, 0.3) is 0 Å². The molecule has 1 aromatic carbocycles. The van der Waals surface area contributed by atoms with Gasteiger partial charge in [-0.05, 0) is 24.1 Å². The second-order valence-electron chi connectivity index (χ2n) is 2.96. The molecule has 2 aromatic rings. The van der Waals surface area contributed by atoms with Gasteiger partial charge in [-0.2, -0.15) is 5.21 Å². The summed E-state index contributed by atoms with van der Waals surface area (Å²) in [5.41, 5.74) is 1.18. The van der Waals surface area contributed by atoms with Crippen molar-refractivity contribution in [2.45, 2.75) is 12.8 Å². The van der Waals surface area contributed by atoms with Crippen molar-refractivity contribution in [1.29, 1.82) is 0 Å². The van der Waals surface area contributed by atoms with E-state index in [-0.39, 0.29) is 0 Å². The van der Waals surface area contributed by atoms with Crippen LogP contribution in [0.3, 0.4) is 0 Å². The molecule has 0 aliphatic rings. The number of H-pyrrole nitrogens is 1. The molecule has 0 aliphatic heterocycles. The predicted molar refractivity (Wildman–Crippen MR) is 53.0 cm³/mol. The van der Waals surface area contributed by atoms with Crippen molar-refractivity contribution in [3.63, 3.8) is 0 Å². The first kappa shape index (κ1) is 9.15. The van der Waals surface area contributed by atoms with Crippen LogP contribution in [0.25, 0.3) is 0 Å². The van der Waals surface area contributed by atoms with Crippen LogP contribution in [-0.4, -0.2) is 20.6 Å². The molecule has 0 saturated carbocycles. The number of hydrogen-bond acceptors (Lipinski definition) is 3. The third-order valence-corrected chi connectivity index (χ3v) is 2.15. The van der Waals surface area contributed by atoms with Gasteiger partial charge in [0.15, 0.2) is 5.82 Å². The zero-order valence-corrected chi connectivity index (χ0v) is 8.20. The summed E-state index contributed by atoms with van der Waals surface area (Å²) in [6.45, 7) is 0. The first-order chi connectivity index (χ1) is 6.84. The first-order valence-electron chi connectivity index (χ1n) is 4.31. The summed E-state index contributed by atoms with van der Waals surface area (Å²) in [4.78, 5) is 0. The van der Waals surface area contributed by atoms with Crippen LogP contribution < -0.4 is 0 Å². The predicted octanol–water partition coefficient (Wildman–Crippen LogP) is 1.64. The molecule has 0 aliphatic carbocycles. The van der Waals surface area contributed by atoms with Crippen molar-refractivity contribution in [3.8, 4) is 0 Å². The number of aryl methyl sites for hydroxylation is 2.